The number of methoxy groups -OCH3 is 2. The molecule has 6 rings (SSSR count). The SMILES string of the molecule is COC(=O)NC(C(=O)N1CCCC1C(=O)Nc1cccc(C2CCC(c3cccc(NC(=O)C4CCCN4C(=O)C(NC(=O)OC)C(C)(C)C)c3)N2c2ccc(F)cc2)c1)C(C)(C)C. The van der Waals surface area contributed by atoms with Crippen molar-refractivity contribution in [3.63, 3.8) is 0 Å². The van der Waals surface area contributed by atoms with Crippen molar-refractivity contribution in [2.24, 2.45) is 10.8 Å². The highest BCUT2D eigenvalue weighted by Gasteiger charge is 2.44. The van der Waals surface area contributed by atoms with E-state index in [0.29, 0.717) is 50.1 Å². The molecular weight excluding hydrogens is 822 g/mol. The summed E-state index contributed by atoms with van der Waals surface area (Å²) in [4.78, 5) is 85.1. The summed E-state index contributed by atoms with van der Waals surface area (Å²) in [5, 5.41) is 11.4. The van der Waals surface area contributed by atoms with E-state index in [4.69, 9.17) is 9.47 Å². The fourth-order valence-corrected chi connectivity index (χ4v) is 9.13. The molecule has 6 atom stereocenters. The van der Waals surface area contributed by atoms with Gasteiger partial charge in [0, 0.05) is 30.2 Å². The average molecular weight is 884 g/mol. The third-order valence-corrected chi connectivity index (χ3v) is 12.4. The molecule has 15 nitrogen and oxygen atoms in total. The predicted octanol–water partition coefficient (Wildman–Crippen LogP) is 7.31. The Hall–Kier alpha value is -6.19. The Labute approximate surface area is 374 Å². The van der Waals surface area contributed by atoms with E-state index >= 15 is 0 Å². The van der Waals surface area contributed by atoms with Crippen LogP contribution in [0.3, 0.4) is 0 Å². The highest BCUT2D eigenvalue weighted by atomic mass is 19.1. The van der Waals surface area contributed by atoms with Crippen LogP contribution in [0.1, 0.15) is 103 Å². The first-order valence-electron chi connectivity index (χ1n) is 22.0. The number of nitrogens with zero attached hydrogens (tertiary/aromatic N) is 3. The summed E-state index contributed by atoms with van der Waals surface area (Å²) in [7, 11) is 2.47. The Balaban J connectivity index is 1.20. The minimum absolute atomic E-state index is 0.181. The van der Waals surface area contributed by atoms with E-state index in [-0.39, 0.29) is 41.5 Å². The van der Waals surface area contributed by atoms with Crippen LogP contribution in [0.15, 0.2) is 72.8 Å². The van der Waals surface area contributed by atoms with Gasteiger partial charge < -0.3 is 45.4 Å². The molecule has 3 aliphatic heterocycles. The molecular formula is C48H62FN7O8. The van der Waals surface area contributed by atoms with Gasteiger partial charge in [0.1, 0.15) is 30.0 Å². The monoisotopic (exact) mass is 883 g/mol. The first kappa shape index (κ1) is 47.3. The second-order valence-corrected chi connectivity index (χ2v) is 19.0. The molecule has 344 valence electrons. The average Bonchev–Trinajstić information content (AvgIpc) is 4.05. The topological polar surface area (TPSA) is 179 Å². The van der Waals surface area contributed by atoms with Crippen molar-refractivity contribution in [2.45, 2.75) is 116 Å². The van der Waals surface area contributed by atoms with Crippen molar-refractivity contribution in [1.29, 1.82) is 0 Å². The van der Waals surface area contributed by atoms with E-state index in [1.807, 2.05) is 77.9 Å². The number of hydrogen-bond donors (Lipinski definition) is 4. The van der Waals surface area contributed by atoms with Crippen LogP contribution in [0, 0.1) is 16.6 Å². The summed E-state index contributed by atoms with van der Waals surface area (Å²) in [5.41, 5.74) is 2.47. The number of anilines is 3. The zero-order chi connectivity index (χ0) is 46.5. The van der Waals surface area contributed by atoms with Crippen molar-refractivity contribution in [3.8, 4) is 0 Å². The highest BCUT2D eigenvalue weighted by Crippen LogP contribution is 2.47. The quantitative estimate of drug-likeness (QED) is 0.154. The van der Waals surface area contributed by atoms with Crippen LogP contribution >= 0.6 is 0 Å². The third kappa shape index (κ3) is 10.8. The zero-order valence-electron chi connectivity index (χ0n) is 38.0. The number of alkyl carbamates (subject to hydrolysis) is 2. The molecule has 3 aromatic rings. The Kier molecular flexibility index (Phi) is 14.5. The van der Waals surface area contributed by atoms with Crippen LogP contribution < -0.4 is 26.2 Å². The number of carbonyl (C=O) groups is 6. The first-order valence-corrected chi connectivity index (χ1v) is 22.0. The summed E-state index contributed by atoms with van der Waals surface area (Å²) >= 11 is 0. The molecule has 16 heteroatoms. The maximum Gasteiger partial charge on any atom is 0.407 e. The molecule has 3 fully saturated rings. The van der Waals surface area contributed by atoms with Crippen molar-refractivity contribution in [3.05, 3.63) is 89.7 Å². The van der Waals surface area contributed by atoms with Gasteiger partial charge in [-0.1, -0.05) is 65.8 Å². The van der Waals surface area contributed by atoms with E-state index in [1.54, 1.807) is 24.3 Å². The van der Waals surface area contributed by atoms with Crippen LogP contribution in [-0.4, -0.2) is 97.1 Å². The van der Waals surface area contributed by atoms with Crippen LogP contribution in [0.2, 0.25) is 0 Å². The van der Waals surface area contributed by atoms with Gasteiger partial charge in [0.2, 0.25) is 23.6 Å². The molecule has 64 heavy (non-hydrogen) atoms. The number of ether oxygens (including phenoxy) is 2. The van der Waals surface area contributed by atoms with Gasteiger partial charge in [-0.25, -0.2) is 14.0 Å². The molecule has 0 bridgehead atoms. The zero-order valence-corrected chi connectivity index (χ0v) is 38.0. The Bertz CT molecular complexity index is 2070. The van der Waals surface area contributed by atoms with Gasteiger partial charge in [-0.15, -0.1) is 0 Å². The maximum atomic E-state index is 14.3. The lowest BCUT2D eigenvalue weighted by Crippen LogP contribution is -2.57. The van der Waals surface area contributed by atoms with Gasteiger partial charge in [-0.3, -0.25) is 19.2 Å². The largest absolute Gasteiger partial charge is 0.453 e. The fourth-order valence-electron chi connectivity index (χ4n) is 9.13. The van der Waals surface area contributed by atoms with E-state index in [2.05, 4.69) is 26.2 Å². The summed E-state index contributed by atoms with van der Waals surface area (Å²) < 4.78 is 23.9. The third-order valence-electron chi connectivity index (χ3n) is 12.4. The standard InChI is InChI=1S/C48H62FN7O8/c1-47(2,3)39(52-45(61)63-7)43(59)54-25-11-17-37(54)41(57)50-32-15-9-13-29(27-32)35-23-24-36(56(35)34-21-19-31(49)20-22-34)30-14-10-16-33(28-30)51-42(58)38-18-12-26-55(38)44(60)40(48(4,5)6)53-46(62)64-8/h9-10,13-16,19-22,27-28,35-40H,11-12,17-18,23-26H2,1-8H3,(H,50,57)(H,51,58)(H,52,61)(H,53,62). The lowest BCUT2D eigenvalue weighted by atomic mass is 9.85. The van der Waals surface area contributed by atoms with Crippen molar-refractivity contribution >= 4 is 52.9 Å². The lowest BCUT2D eigenvalue weighted by Gasteiger charge is -2.35. The molecule has 3 saturated heterocycles. The number of rotatable bonds is 11. The molecule has 3 aliphatic rings. The van der Waals surface area contributed by atoms with E-state index < -0.39 is 47.2 Å². The van der Waals surface area contributed by atoms with Gasteiger partial charge in [-0.05, 0) is 109 Å². The van der Waals surface area contributed by atoms with Gasteiger partial charge in [0.05, 0.1) is 26.3 Å². The molecule has 0 aromatic heterocycles. The van der Waals surface area contributed by atoms with Gasteiger partial charge in [0.25, 0.3) is 0 Å². The number of likely N-dealkylation sites (tertiary alicyclic amines) is 2. The number of carbonyl (C=O) groups excluding carboxylic acids is 6. The maximum absolute atomic E-state index is 14.3. The molecule has 3 heterocycles. The molecule has 6 unspecified atom stereocenters. The van der Waals surface area contributed by atoms with Crippen LogP contribution in [0.25, 0.3) is 0 Å². The van der Waals surface area contributed by atoms with Crippen LogP contribution in [-0.2, 0) is 28.7 Å². The van der Waals surface area contributed by atoms with Gasteiger partial charge in [-0.2, -0.15) is 0 Å². The Morgan fingerprint density at radius 3 is 1.39 bits per heavy atom. The summed E-state index contributed by atoms with van der Waals surface area (Å²) in [6.07, 6.45) is 2.19. The second-order valence-electron chi connectivity index (χ2n) is 19.0. The Morgan fingerprint density at radius 2 is 1.02 bits per heavy atom. The Morgan fingerprint density at radius 1 is 0.609 bits per heavy atom. The molecule has 3 aromatic carbocycles. The van der Waals surface area contributed by atoms with Crippen LogP contribution in [0.5, 0.6) is 0 Å². The predicted molar refractivity (Wildman–Crippen MR) is 241 cm³/mol. The van der Waals surface area contributed by atoms with Crippen LogP contribution in [0.4, 0.5) is 31.0 Å². The van der Waals surface area contributed by atoms with E-state index in [0.717, 1.165) is 29.7 Å². The molecule has 0 saturated carbocycles. The van der Waals surface area contributed by atoms with E-state index in [9.17, 15) is 33.2 Å². The van der Waals surface area contributed by atoms with Crippen molar-refractivity contribution in [2.75, 3.05) is 42.8 Å². The summed E-state index contributed by atoms with van der Waals surface area (Å²) in [6.45, 7) is 11.8. The number of amides is 6. The minimum atomic E-state index is -0.903. The normalized spacial score (nSPS) is 20.9. The number of nitrogens with one attached hydrogen (secondary N) is 4. The molecule has 4 N–H and O–H groups in total. The lowest BCUT2D eigenvalue weighted by molar-refractivity contribution is -0.140. The highest BCUT2D eigenvalue weighted by molar-refractivity contribution is 6.00. The summed E-state index contributed by atoms with van der Waals surface area (Å²) in [5.74, 6) is -1.73. The second kappa shape index (κ2) is 19.7. The number of hydrogen-bond acceptors (Lipinski definition) is 9. The van der Waals surface area contributed by atoms with Gasteiger partial charge >= 0.3 is 12.2 Å². The number of halogens is 1. The minimum Gasteiger partial charge on any atom is -0.453 e. The molecule has 0 aliphatic carbocycles. The molecule has 6 amide bonds. The molecule has 0 spiro atoms. The molecule has 0 radical (unpaired) electrons. The van der Waals surface area contributed by atoms with Crippen molar-refractivity contribution < 1.29 is 42.6 Å². The number of benzene rings is 3. The first-order chi connectivity index (χ1) is 30.3. The van der Waals surface area contributed by atoms with E-state index in [1.165, 1.54) is 36.2 Å². The summed E-state index contributed by atoms with van der Waals surface area (Å²) in [6, 6.07) is 17.9. The smallest absolute Gasteiger partial charge is 0.407 e. The fraction of sp³-hybridized carbons (Fsp3) is 0.500. The van der Waals surface area contributed by atoms with Gasteiger partial charge in [0.15, 0.2) is 0 Å². The van der Waals surface area contributed by atoms with Crippen molar-refractivity contribution in [1.82, 2.24) is 20.4 Å².